The summed E-state index contributed by atoms with van der Waals surface area (Å²) in [4.78, 5) is 4.58. The van der Waals surface area contributed by atoms with Gasteiger partial charge in [-0.2, -0.15) is 5.10 Å². The van der Waals surface area contributed by atoms with Gasteiger partial charge in [0.25, 0.3) is 0 Å². The Bertz CT molecular complexity index is 734. The Morgan fingerprint density at radius 2 is 1.95 bits per heavy atom. The lowest BCUT2D eigenvalue weighted by molar-refractivity contribution is 0.765. The fourth-order valence-electron chi connectivity index (χ4n) is 1.92. The molecule has 110 valence electrons. The number of rotatable bonds is 3. The molecular weight excluding hydrogens is 327 g/mol. The van der Waals surface area contributed by atoms with E-state index in [-0.39, 0.29) is 12.4 Å². The van der Waals surface area contributed by atoms with Crippen molar-refractivity contribution in [2.24, 2.45) is 7.05 Å². The normalized spacial score (nSPS) is 10.2. The van der Waals surface area contributed by atoms with E-state index in [1.165, 1.54) is 0 Å². The third-order valence-corrected chi connectivity index (χ3v) is 3.89. The van der Waals surface area contributed by atoms with Crippen LogP contribution in [0.2, 0.25) is 5.02 Å². The molecule has 7 heteroatoms. The molecular formula is C14H14Cl2N4S. The Balaban J connectivity index is 0.00000161. The second-order valence-corrected chi connectivity index (χ2v) is 5.76. The number of nitrogens with zero attached hydrogens (tertiary/aromatic N) is 3. The van der Waals surface area contributed by atoms with Crippen LogP contribution in [0, 0.1) is 6.92 Å². The second-order valence-electron chi connectivity index (χ2n) is 4.46. The van der Waals surface area contributed by atoms with E-state index in [0.717, 1.165) is 32.9 Å². The fourth-order valence-corrected chi connectivity index (χ4v) is 2.77. The zero-order chi connectivity index (χ0) is 14.1. The first kappa shape index (κ1) is 15.8. The maximum absolute atomic E-state index is 5.89. The lowest BCUT2D eigenvalue weighted by Crippen LogP contribution is -1.98. The maximum atomic E-state index is 5.89. The number of nitrogens with one attached hydrogen (secondary N) is 1. The van der Waals surface area contributed by atoms with Gasteiger partial charge >= 0.3 is 0 Å². The molecule has 3 rings (SSSR count). The van der Waals surface area contributed by atoms with Gasteiger partial charge in [-0.3, -0.25) is 4.68 Å². The summed E-state index contributed by atoms with van der Waals surface area (Å²) in [5, 5.41) is 11.2. The van der Waals surface area contributed by atoms with Gasteiger partial charge in [0, 0.05) is 29.1 Å². The minimum absolute atomic E-state index is 0. The van der Waals surface area contributed by atoms with E-state index in [0.29, 0.717) is 0 Å². The molecule has 0 atom stereocenters. The van der Waals surface area contributed by atoms with Crippen molar-refractivity contribution in [2.75, 3.05) is 5.32 Å². The van der Waals surface area contributed by atoms with Gasteiger partial charge in [0.05, 0.1) is 11.4 Å². The van der Waals surface area contributed by atoms with Crippen molar-refractivity contribution in [1.29, 1.82) is 0 Å². The van der Waals surface area contributed by atoms with Crippen LogP contribution in [0.3, 0.4) is 0 Å². The Morgan fingerprint density at radius 1 is 1.24 bits per heavy atom. The van der Waals surface area contributed by atoms with E-state index in [1.807, 2.05) is 49.7 Å². The Labute approximate surface area is 138 Å². The quantitative estimate of drug-likeness (QED) is 0.753. The van der Waals surface area contributed by atoms with Crippen molar-refractivity contribution >= 4 is 46.3 Å². The summed E-state index contributed by atoms with van der Waals surface area (Å²) in [5.41, 5.74) is 2.97. The van der Waals surface area contributed by atoms with Gasteiger partial charge in [0.2, 0.25) is 0 Å². The molecule has 0 radical (unpaired) electrons. The van der Waals surface area contributed by atoms with Crippen LogP contribution in [-0.4, -0.2) is 14.8 Å². The minimum Gasteiger partial charge on any atom is -0.316 e. The van der Waals surface area contributed by atoms with Crippen LogP contribution in [-0.2, 0) is 7.05 Å². The summed E-state index contributed by atoms with van der Waals surface area (Å²) in [6.45, 7) is 1.96. The molecule has 0 aliphatic carbocycles. The van der Waals surface area contributed by atoms with Gasteiger partial charge in [0.1, 0.15) is 5.82 Å². The summed E-state index contributed by atoms with van der Waals surface area (Å²) in [5.74, 6) is 0.930. The van der Waals surface area contributed by atoms with E-state index in [4.69, 9.17) is 11.6 Å². The predicted molar refractivity (Wildman–Crippen MR) is 91.0 cm³/mol. The van der Waals surface area contributed by atoms with Crippen LogP contribution >= 0.6 is 35.3 Å². The lowest BCUT2D eigenvalue weighted by Gasteiger charge is -2.01. The van der Waals surface area contributed by atoms with Gasteiger partial charge in [0.15, 0.2) is 5.13 Å². The molecule has 0 saturated carbocycles. The highest BCUT2D eigenvalue weighted by molar-refractivity contribution is 7.14. The molecule has 0 saturated heterocycles. The average molecular weight is 341 g/mol. The zero-order valence-corrected chi connectivity index (χ0v) is 13.9. The largest absolute Gasteiger partial charge is 0.316 e. The molecule has 0 fully saturated rings. The number of anilines is 2. The molecule has 0 aliphatic heterocycles. The number of halogens is 2. The van der Waals surface area contributed by atoms with Gasteiger partial charge in [-0.25, -0.2) is 4.98 Å². The summed E-state index contributed by atoms with van der Waals surface area (Å²) in [6.07, 6.45) is 0. The third-order valence-electron chi connectivity index (χ3n) is 2.88. The first-order valence-corrected chi connectivity index (χ1v) is 7.37. The van der Waals surface area contributed by atoms with E-state index in [2.05, 4.69) is 15.4 Å². The molecule has 0 bridgehead atoms. The number of hydrogen-bond acceptors (Lipinski definition) is 4. The van der Waals surface area contributed by atoms with Crippen molar-refractivity contribution in [3.8, 4) is 11.3 Å². The molecule has 4 nitrogen and oxygen atoms in total. The second kappa shape index (κ2) is 6.47. The molecule has 21 heavy (non-hydrogen) atoms. The number of hydrogen-bond donors (Lipinski definition) is 1. The molecule has 2 aromatic heterocycles. The molecule has 0 aliphatic rings. The molecule has 1 N–H and O–H groups in total. The summed E-state index contributed by atoms with van der Waals surface area (Å²) >= 11 is 7.46. The summed E-state index contributed by atoms with van der Waals surface area (Å²) < 4.78 is 1.80. The first-order valence-electron chi connectivity index (χ1n) is 6.11. The van der Waals surface area contributed by atoms with Crippen molar-refractivity contribution in [2.45, 2.75) is 6.92 Å². The molecule has 3 aromatic rings. The topological polar surface area (TPSA) is 42.7 Å². The van der Waals surface area contributed by atoms with Crippen LogP contribution in [0.15, 0.2) is 35.7 Å². The highest BCUT2D eigenvalue weighted by Gasteiger charge is 2.07. The number of benzene rings is 1. The smallest absolute Gasteiger partial charge is 0.188 e. The zero-order valence-electron chi connectivity index (χ0n) is 11.5. The van der Waals surface area contributed by atoms with Crippen LogP contribution in [0.25, 0.3) is 11.3 Å². The van der Waals surface area contributed by atoms with Gasteiger partial charge < -0.3 is 5.32 Å². The van der Waals surface area contributed by atoms with Crippen molar-refractivity contribution < 1.29 is 0 Å². The Morgan fingerprint density at radius 3 is 2.57 bits per heavy atom. The maximum Gasteiger partial charge on any atom is 0.188 e. The highest BCUT2D eigenvalue weighted by atomic mass is 35.5. The minimum atomic E-state index is 0. The SMILES string of the molecule is Cc1cc(Nc2nc(-c3ccc(Cl)cc3)cs2)n(C)n1.Cl. The Hall–Kier alpha value is -1.56. The molecule has 0 unspecified atom stereocenters. The van der Waals surface area contributed by atoms with Crippen molar-refractivity contribution in [3.05, 3.63) is 46.4 Å². The highest BCUT2D eigenvalue weighted by Crippen LogP contribution is 2.27. The lowest BCUT2D eigenvalue weighted by atomic mass is 10.2. The standard InChI is InChI=1S/C14H13ClN4S.ClH/c1-9-7-13(19(2)18-9)17-14-16-12(8-20-14)10-3-5-11(15)6-4-10;/h3-8H,1-2H3,(H,16,17);1H. The third kappa shape index (κ3) is 3.56. The van der Waals surface area contributed by atoms with Crippen molar-refractivity contribution in [3.63, 3.8) is 0 Å². The molecule has 0 amide bonds. The van der Waals surface area contributed by atoms with Crippen molar-refractivity contribution in [1.82, 2.24) is 14.8 Å². The van der Waals surface area contributed by atoms with E-state index < -0.39 is 0 Å². The van der Waals surface area contributed by atoms with Gasteiger partial charge in [-0.1, -0.05) is 23.7 Å². The first-order chi connectivity index (χ1) is 9.61. The average Bonchev–Trinajstić information content (AvgIpc) is 2.98. The number of thiazole rings is 1. The van der Waals surface area contributed by atoms with Crippen LogP contribution in [0.4, 0.5) is 10.9 Å². The molecule has 2 heterocycles. The van der Waals surface area contributed by atoms with E-state index >= 15 is 0 Å². The summed E-state index contributed by atoms with van der Waals surface area (Å²) in [6, 6.07) is 9.66. The molecule has 0 spiro atoms. The van der Waals surface area contributed by atoms with Gasteiger partial charge in [-0.15, -0.1) is 23.7 Å². The monoisotopic (exact) mass is 340 g/mol. The Kier molecular flexibility index (Phi) is 4.88. The van der Waals surface area contributed by atoms with Gasteiger partial charge in [-0.05, 0) is 19.1 Å². The predicted octanol–water partition coefficient (Wildman–Crippen LogP) is 4.67. The summed E-state index contributed by atoms with van der Waals surface area (Å²) in [7, 11) is 1.91. The fraction of sp³-hybridized carbons (Fsp3) is 0.143. The van der Waals surface area contributed by atoms with E-state index in [1.54, 1.807) is 16.0 Å². The van der Waals surface area contributed by atoms with E-state index in [9.17, 15) is 0 Å². The van der Waals surface area contributed by atoms with Crippen LogP contribution in [0.1, 0.15) is 5.69 Å². The number of aromatic nitrogens is 3. The molecule has 1 aromatic carbocycles. The van der Waals surface area contributed by atoms with Crippen LogP contribution < -0.4 is 5.32 Å². The number of aryl methyl sites for hydroxylation is 2. The van der Waals surface area contributed by atoms with Crippen LogP contribution in [0.5, 0.6) is 0 Å².